The number of aromatic nitrogens is 1. The van der Waals surface area contributed by atoms with Gasteiger partial charge in [0.2, 0.25) is 5.91 Å². The molecule has 3 aliphatic rings. The molecule has 1 aromatic carbocycles. The minimum atomic E-state index is -0.476. The second kappa shape index (κ2) is 5.91. The molecule has 0 unspecified atom stereocenters. The minimum Gasteiger partial charge on any atom is -0.368 e. The third-order valence-electron chi connectivity index (χ3n) is 5.92. The largest absolute Gasteiger partial charge is 0.368 e. The van der Waals surface area contributed by atoms with Gasteiger partial charge in [-0.3, -0.25) is 9.59 Å². The number of fused-ring (bicyclic) bond motifs is 2. The molecule has 134 valence electrons. The highest BCUT2D eigenvalue weighted by atomic mass is 32.1. The number of rotatable bonds is 4. The highest BCUT2D eigenvalue weighted by Crippen LogP contribution is 2.47. The lowest BCUT2D eigenvalue weighted by molar-refractivity contribution is -0.123. The smallest absolute Gasteiger partial charge is 0.274 e. The van der Waals surface area contributed by atoms with E-state index in [9.17, 15) is 9.59 Å². The number of nitrogens with two attached hydrogens (primary N) is 1. The summed E-state index contributed by atoms with van der Waals surface area (Å²) in [5.41, 5.74) is 7.17. The van der Waals surface area contributed by atoms with Gasteiger partial charge in [0.1, 0.15) is 11.7 Å². The Balaban J connectivity index is 1.57. The molecule has 5 rings (SSSR count). The average Bonchev–Trinajstić information content (AvgIpc) is 3.10. The molecule has 1 aromatic heterocycles. The number of thiazole rings is 1. The van der Waals surface area contributed by atoms with Crippen molar-refractivity contribution in [2.24, 2.45) is 11.7 Å². The fourth-order valence-electron chi connectivity index (χ4n) is 4.54. The van der Waals surface area contributed by atoms with Gasteiger partial charge >= 0.3 is 0 Å². The summed E-state index contributed by atoms with van der Waals surface area (Å²) in [4.78, 5) is 32.9. The molecule has 2 aliphatic carbocycles. The summed E-state index contributed by atoms with van der Waals surface area (Å²) in [6.45, 7) is 0. The number of carbonyl (C=O) groups excluding carboxylic acids is 2. The number of likely N-dealkylation sites (tertiary alicyclic amines) is 1. The molecule has 1 saturated heterocycles. The predicted molar refractivity (Wildman–Crippen MR) is 99.8 cm³/mol. The summed E-state index contributed by atoms with van der Waals surface area (Å²) in [5, 5.41) is 1.05. The maximum atomic E-state index is 13.5. The highest BCUT2D eigenvalue weighted by molar-refractivity contribution is 7.15. The van der Waals surface area contributed by atoms with Gasteiger partial charge in [-0.2, -0.15) is 0 Å². The van der Waals surface area contributed by atoms with Crippen LogP contribution in [0.15, 0.2) is 30.3 Å². The second-order valence-electron chi connectivity index (χ2n) is 7.66. The van der Waals surface area contributed by atoms with Crippen LogP contribution in [0.3, 0.4) is 0 Å². The van der Waals surface area contributed by atoms with Crippen LogP contribution in [0, 0.1) is 5.92 Å². The Bertz CT molecular complexity index is 874. The lowest BCUT2D eigenvalue weighted by Gasteiger charge is -2.33. The number of piperidine rings is 1. The minimum absolute atomic E-state index is 0.122. The molecule has 0 spiro atoms. The van der Waals surface area contributed by atoms with E-state index < -0.39 is 6.04 Å². The summed E-state index contributed by atoms with van der Waals surface area (Å²) < 4.78 is 0. The van der Waals surface area contributed by atoms with Gasteiger partial charge in [-0.15, -0.1) is 11.3 Å². The van der Waals surface area contributed by atoms with Crippen molar-refractivity contribution in [1.82, 2.24) is 9.88 Å². The molecular weight excluding hydrogens is 346 g/mol. The van der Waals surface area contributed by atoms with Gasteiger partial charge in [-0.05, 0) is 43.6 Å². The molecule has 2 saturated carbocycles. The topological polar surface area (TPSA) is 76.3 Å². The van der Waals surface area contributed by atoms with Crippen LogP contribution in [0.4, 0.5) is 0 Å². The van der Waals surface area contributed by atoms with E-state index >= 15 is 0 Å². The summed E-state index contributed by atoms with van der Waals surface area (Å²) in [6, 6.07) is 9.60. The van der Waals surface area contributed by atoms with E-state index in [2.05, 4.69) is 0 Å². The molecule has 2 aromatic rings. The highest BCUT2D eigenvalue weighted by Gasteiger charge is 2.51. The maximum Gasteiger partial charge on any atom is 0.274 e. The first kappa shape index (κ1) is 16.0. The fraction of sp³-hybridized carbons (Fsp3) is 0.450. The van der Waals surface area contributed by atoms with Gasteiger partial charge in [0.05, 0.1) is 9.88 Å². The van der Waals surface area contributed by atoms with Gasteiger partial charge in [-0.1, -0.05) is 30.3 Å². The molecule has 5 nitrogen and oxygen atoms in total. The number of hydrogen-bond donors (Lipinski definition) is 1. The summed E-state index contributed by atoms with van der Waals surface area (Å²) in [6.07, 6.45) is 5.12. The summed E-state index contributed by atoms with van der Waals surface area (Å²) >= 11 is 1.63. The lowest BCUT2D eigenvalue weighted by atomic mass is 9.97. The fourth-order valence-corrected chi connectivity index (χ4v) is 5.77. The summed E-state index contributed by atoms with van der Waals surface area (Å²) in [5.74, 6) is 0.196. The Morgan fingerprint density at radius 1 is 1.12 bits per heavy atom. The van der Waals surface area contributed by atoms with E-state index in [1.807, 2.05) is 30.3 Å². The van der Waals surface area contributed by atoms with E-state index in [4.69, 9.17) is 10.7 Å². The predicted octanol–water partition coefficient (Wildman–Crippen LogP) is 3.17. The van der Waals surface area contributed by atoms with Crippen molar-refractivity contribution in [1.29, 1.82) is 0 Å². The van der Waals surface area contributed by atoms with Crippen LogP contribution < -0.4 is 5.73 Å². The first-order valence-electron chi connectivity index (χ1n) is 9.31. The number of carbonyl (C=O) groups is 2. The van der Waals surface area contributed by atoms with Crippen molar-refractivity contribution in [3.63, 3.8) is 0 Å². The molecule has 0 radical (unpaired) electrons. The van der Waals surface area contributed by atoms with Gasteiger partial charge in [-0.25, -0.2) is 4.98 Å². The first-order chi connectivity index (χ1) is 12.6. The molecule has 2 bridgehead atoms. The zero-order valence-electron chi connectivity index (χ0n) is 14.4. The molecule has 2 N–H and O–H groups in total. The normalized spacial score (nSPS) is 27.1. The van der Waals surface area contributed by atoms with Crippen LogP contribution >= 0.6 is 11.3 Å². The van der Waals surface area contributed by atoms with E-state index in [1.54, 1.807) is 16.2 Å². The van der Waals surface area contributed by atoms with Crippen molar-refractivity contribution >= 4 is 23.2 Å². The SMILES string of the molecule is NC(=O)[C@@H]1[C@H]2CC[C@H](C2)N1C(=O)c1nc(C2CC2)sc1-c1ccccc1. The van der Waals surface area contributed by atoms with Crippen LogP contribution in [0.2, 0.25) is 0 Å². The Morgan fingerprint density at radius 3 is 2.58 bits per heavy atom. The van der Waals surface area contributed by atoms with E-state index in [1.165, 1.54) is 0 Å². The Labute approximate surface area is 156 Å². The molecule has 2 heterocycles. The van der Waals surface area contributed by atoms with Crippen molar-refractivity contribution < 1.29 is 9.59 Å². The number of benzene rings is 1. The number of primary amides is 1. The summed E-state index contributed by atoms with van der Waals surface area (Å²) in [7, 11) is 0. The number of amides is 2. The molecule has 3 fully saturated rings. The lowest BCUT2D eigenvalue weighted by Crippen LogP contribution is -2.51. The average molecular weight is 367 g/mol. The monoisotopic (exact) mass is 367 g/mol. The molecule has 6 heteroatoms. The zero-order valence-corrected chi connectivity index (χ0v) is 15.2. The van der Waals surface area contributed by atoms with Crippen molar-refractivity contribution in [2.75, 3.05) is 0 Å². The zero-order chi connectivity index (χ0) is 17.8. The van der Waals surface area contributed by atoms with Gasteiger partial charge in [0.25, 0.3) is 5.91 Å². The molecule has 3 atom stereocenters. The van der Waals surface area contributed by atoms with E-state index in [0.29, 0.717) is 11.6 Å². The van der Waals surface area contributed by atoms with Crippen molar-refractivity contribution in [3.05, 3.63) is 41.0 Å². The Kier molecular flexibility index (Phi) is 3.64. The first-order valence-corrected chi connectivity index (χ1v) is 10.1. The number of nitrogens with zero attached hydrogens (tertiary/aromatic N) is 2. The quantitative estimate of drug-likeness (QED) is 0.902. The number of hydrogen-bond acceptors (Lipinski definition) is 4. The van der Waals surface area contributed by atoms with Crippen LogP contribution in [0.1, 0.15) is 53.5 Å². The third kappa shape index (κ3) is 2.47. The Morgan fingerprint density at radius 2 is 1.88 bits per heavy atom. The molecular formula is C20H21N3O2S. The second-order valence-corrected chi connectivity index (χ2v) is 8.69. The van der Waals surface area contributed by atoms with Crippen LogP contribution in [0.25, 0.3) is 10.4 Å². The maximum absolute atomic E-state index is 13.5. The van der Waals surface area contributed by atoms with Gasteiger partial charge in [0.15, 0.2) is 0 Å². The van der Waals surface area contributed by atoms with E-state index in [0.717, 1.165) is 47.6 Å². The standard InChI is InChI=1S/C20H21N3O2S/c21-18(24)16-13-8-9-14(10-13)23(16)20(25)15-17(11-4-2-1-3-5-11)26-19(22-15)12-6-7-12/h1-5,12-14,16H,6-10H2,(H2,21,24)/t13-,14+,16-/m0/s1. The Hall–Kier alpha value is -2.21. The van der Waals surface area contributed by atoms with Crippen LogP contribution in [-0.4, -0.2) is 33.8 Å². The molecule has 26 heavy (non-hydrogen) atoms. The van der Waals surface area contributed by atoms with Crippen LogP contribution in [-0.2, 0) is 4.79 Å². The third-order valence-corrected chi connectivity index (χ3v) is 7.19. The van der Waals surface area contributed by atoms with Gasteiger partial charge in [0, 0.05) is 12.0 Å². The van der Waals surface area contributed by atoms with Crippen LogP contribution in [0.5, 0.6) is 0 Å². The molecule has 1 aliphatic heterocycles. The van der Waals surface area contributed by atoms with E-state index in [-0.39, 0.29) is 23.8 Å². The van der Waals surface area contributed by atoms with Crippen molar-refractivity contribution in [3.8, 4) is 10.4 Å². The van der Waals surface area contributed by atoms with Gasteiger partial charge < -0.3 is 10.6 Å². The molecule has 2 amide bonds. The van der Waals surface area contributed by atoms with Crippen molar-refractivity contribution in [2.45, 2.75) is 50.1 Å².